The molecule has 0 spiro atoms. The van der Waals surface area contributed by atoms with Crippen molar-refractivity contribution in [3.63, 3.8) is 0 Å². The fourth-order valence-corrected chi connectivity index (χ4v) is 1.55. The van der Waals surface area contributed by atoms with Crippen LogP contribution in [0.25, 0.3) is 11.1 Å². The van der Waals surface area contributed by atoms with E-state index in [2.05, 4.69) is 0 Å². The predicted molar refractivity (Wildman–Crippen MR) is 58.8 cm³/mol. The molecule has 2 aromatic rings. The second-order valence-electron chi connectivity index (χ2n) is 3.65. The molecular weight excluding hydrogens is 245 g/mol. The van der Waals surface area contributed by atoms with E-state index >= 15 is 0 Å². The highest BCUT2D eigenvalue weighted by molar-refractivity contribution is 5.82. The number of carbonyl (C=O) groups is 1. The Hall–Kier alpha value is -2.30. The zero-order chi connectivity index (χ0) is 13.3. The van der Waals surface area contributed by atoms with Gasteiger partial charge in [-0.25, -0.2) is 13.2 Å². The number of rotatable bonds is 2. The average Bonchev–Trinajstić information content (AvgIpc) is 2.36. The van der Waals surface area contributed by atoms with Crippen LogP contribution in [0.3, 0.4) is 0 Å². The SMILES string of the molecule is O=Cc1cc(-c2cc(F)c(F)c(F)c2)ccc1O. The van der Waals surface area contributed by atoms with Crippen LogP contribution in [0.5, 0.6) is 5.75 Å². The number of benzene rings is 2. The van der Waals surface area contributed by atoms with Crippen LogP contribution < -0.4 is 0 Å². The van der Waals surface area contributed by atoms with Crippen molar-refractivity contribution in [2.45, 2.75) is 0 Å². The Morgan fingerprint density at radius 1 is 0.944 bits per heavy atom. The third kappa shape index (κ3) is 2.07. The Labute approximate surface area is 100 Å². The van der Waals surface area contributed by atoms with Gasteiger partial charge in [-0.3, -0.25) is 4.79 Å². The third-order valence-electron chi connectivity index (χ3n) is 2.47. The van der Waals surface area contributed by atoms with Gasteiger partial charge in [-0.05, 0) is 35.4 Å². The van der Waals surface area contributed by atoms with E-state index in [9.17, 15) is 23.1 Å². The number of hydrogen-bond acceptors (Lipinski definition) is 2. The Morgan fingerprint density at radius 2 is 1.56 bits per heavy atom. The maximum Gasteiger partial charge on any atom is 0.194 e. The lowest BCUT2D eigenvalue weighted by Crippen LogP contribution is -1.92. The highest BCUT2D eigenvalue weighted by Gasteiger charge is 2.12. The van der Waals surface area contributed by atoms with Crippen molar-refractivity contribution in [3.8, 4) is 16.9 Å². The van der Waals surface area contributed by atoms with Gasteiger partial charge in [-0.1, -0.05) is 6.07 Å². The summed E-state index contributed by atoms with van der Waals surface area (Å²) in [5, 5.41) is 9.30. The van der Waals surface area contributed by atoms with E-state index in [0.717, 1.165) is 12.1 Å². The van der Waals surface area contributed by atoms with Crippen molar-refractivity contribution in [2.24, 2.45) is 0 Å². The average molecular weight is 252 g/mol. The molecule has 0 bridgehead atoms. The Bertz CT molecular complexity index is 601. The number of carbonyl (C=O) groups excluding carboxylic acids is 1. The minimum Gasteiger partial charge on any atom is -0.507 e. The largest absolute Gasteiger partial charge is 0.507 e. The first-order chi connectivity index (χ1) is 8.52. The van der Waals surface area contributed by atoms with Gasteiger partial charge in [0.2, 0.25) is 0 Å². The van der Waals surface area contributed by atoms with Crippen LogP contribution in [-0.4, -0.2) is 11.4 Å². The summed E-state index contributed by atoms with van der Waals surface area (Å²) in [5.41, 5.74) is 0.361. The molecule has 92 valence electrons. The van der Waals surface area contributed by atoms with Gasteiger partial charge in [0, 0.05) is 0 Å². The van der Waals surface area contributed by atoms with E-state index < -0.39 is 17.5 Å². The lowest BCUT2D eigenvalue weighted by molar-refractivity contribution is 0.112. The Balaban J connectivity index is 2.58. The second kappa shape index (κ2) is 4.52. The van der Waals surface area contributed by atoms with Gasteiger partial charge in [-0.2, -0.15) is 0 Å². The molecule has 2 nitrogen and oxygen atoms in total. The van der Waals surface area contributed by atoms with Gasteiger partial charge in [0.05, 0.1) is 5.56 Å². The van der Waals surface area contributed by atoms with E-state index in [1.165, 1.54) is 18.2 Å². The predicted octanol–water partition coefficient (Wildman–Crippen LogP) is 3.29. The van der Waals surface area contributed by atoms with Gasteiger partial charge in [0.25, 0.3) is 0 Å². The molecule has 0 aliphatic carbocycles. The summed E-state index contributed by atoms with van der Waals surface area (Å²) in [4.78, 5) is 10.6. The lowest BCUT2D eigenvalue weighted by atomic mass is 10.0. The number of phenolic OH excluding ortho intramolecular Hbond substituents is 1. The lowest BCUT2D eigenvalue weighted by Gasteiger charge is -2.05. The molecule has 0 aromatic heterocycles. The smallest absolute Gasteiger partial charge is 0.194 e. The van der Waals surface area contributed by atoms with Crippen molar-refractivity contribution in [1.82, 2.24) is 0 Å². The maximum atomic E-state index is 13.1. The summed E-state index contributed by atoms with van der Waals surface area (Å²) in [7, 11) is 0. The van der Waals surface area contributed by atoms with Crippen molar-refractivity contribution < 1.29 is 23.1 Å². The molecule has 5 heteroatoms. The normalized spacial score (nSPS) is 10.4. The van der Waals surface area contributed by atoms with Gasteiger partial charge in [0.15, 0.2) is 23.7 Å². The van der Waals surface area contributed by atoms with E-state index in [1.807, 2.05) is 0 Å². The van der Waals surface area contributed by atoms with Crippen molar-refractivity contribution in [3.05, 3.63) is 53.3 Å². The molecule has 2 rings (SSSR count). The molecule has 1 N–H and O–H groups in total. The fourth-order valence-electron chi connectivity index (χ4n) is 1.55. The monoisotopic (exact) mass is 252 g/mol. The molecule has 0 unspecified atom stereocenters. The third-order valence-corrected chi connectivity index (χ3v) is 2.47. The number of hydrogen-bond donors (Lipinski definition) is 1. The van der Waals surface area contributed by atoms with Gasteiger partial charge < -0.3 is 5.11 Å². The van der Waals surface area contributed by atoms with Crippen LogP contribution in [0.2, 0.25) is 0 Å². The molecule has 2 aromatic carbocycles. The van der Waals surface area contributed by atoms with Crippen LogP contribution in [0.4, 0.5) is 13.2 Å². The molecule has 0 aliphatic rings. The summed E-state index contributed by atoms with van der Waals surface area (Å²) in [5.74, 6) is -4.42. The Morgan fingerprint density at radius 3 is 2.11 bits per heavy atom. The molecule has 0 saturated carbocycles. The first-order valence-corrected chi connectivity index (χ1v) is 4.96. The molecule has 0 radical (unpaired) electrons. The zero-order valence-corrected chi connectivity index (χ0v) is 8.95. The number of aromatic hydroxyl groups is 1. The standard InChI is InChI=1S/C13H7F3O2/c14-10-4-8(5-11(15)13(10)16)7-1-2-12(18)9(3-7)6-17/h1-6,18H. The van der Waals surface area contributed by atoms with Crippen molar-refractivity contribution >= 4 is 6.29 Å². The first kappa shape index (κ1) is 12.2. The zero-order valence-electron chi connectivity index (χ0n) is 8.95. The van der Waals surface area contributed by atoms with E-state index in [1.54, 1.807) is 0 Å². The van der Waals surface area contributed by atoms with Crippen LogP contribution in [-0.2, 0) is 0 Å². The van der Waals surface area contributed by atoms with Gasteiger partial charge in [-0.15, -0.1) is 0 Å². The van der Waals surface area contributed by atoms with Crippen molar-refractivity contribution in [2.75, 3.05) is 0 Å². The number of halogens is 3. The molecule has 0 fully saturated rings. The van der Waals surface area contributed by atoms with Crippen LogP contribution in [0.15, 0.2) is 30.3 Å². The molecular formula is C13H7F3O2. The minimum absolute atomic E-state index is 0.0161. The molecule has 0 aliphatic heterocycles. The summed E-state index contributed by atoms with van der Waals surface area (Å²) in [6, 6.07) is 5.49. The summed E-state index contributed by atoms with van der Waals surface area (Å²) in [6.07, 6.45) is 0.412. The van der Waals surface area contributed by atoms with Gasteiger partial charge >= 0.3 is 0 Å². The molecule has 0 saturated heterocycles. The number of aldehydes is 1. The topological polar surface area (TPSA) is 37.3 Å². The van der Waals surface area contributed by atoms with E-state index in [0.29, 0.717) is 11.8 Å². The van der Waals surface area contributed by atoms with E-state index in [-0.39, 0.29) is 16.9 Å². The summed E-state index contributed by atoms with van der Waals surface area (Å²) in [6.45, 7) is 0. The Kier molecular flexibility index (Phi) is 3.06. The molecule has 0 atom stereocenters. The maximum absolute atomic E-state index is 13.1. The van der Waals surface area contributed by atoms with Crippen molar-refractivity contribution in [1.29, 1.82) is 0 Å². The summed E-state index contributed by atoms with van der Waals surface area (Å²) >= 11 is 0. The van der Waals surface area contributed by atoms with Crippen LogP contribution in [0, 0.1) is 17.5 Å². The highest BCUT2D eigenvalue weighted by Crippen LogP contribution is 2.27. The summed E-state index contributed by atoms with van der Waals surface area (Å²) < 4.78 is 38.9. The first-order valence-electron chi connectivity index (χ1n) is 4.96. The number of phenols is 1. The van der Waals surface area contributed by atoms with Crippen LogP contribution in [0.1, 0.15) is 10.4 Å². The molecule has 0 heterocycles. The second-order valence-corrected chi connectivity index (χ2v) is 3.65. The van der Waals surface area contributed by atoms with E-state index in [4.69, 9.17) is 0 Å². The highest BCUT2D eigenvalue weighted by atomic mass is 19.2. The fraction of sp³-hybridized carbons (Fsp3) is 0. The van der Waals surface area contributed by atoms with Crippen LogP contribution >= 0.6 is 0 Å². The van der Waals surface area contributed by atoms with Gasteiger partial charge in [0.1, 0.15) is 5.75 Å². The minimum atomic E-state index is -1.55. The molecule has 0 amide bonds. The molecule has 18 heavy (non-hydrogen) atoms. The quantitative estimate of drug-likeness (QED) is 0.657.